The van der Waals surface area contributed by atoms with E-state index in [1.165, 1.54) is 0 Å². The fourth-order valence-electron chi connectivity index (χ4n) is 2.06. The van der Waals surface area contributed by atoms with Gasteiger partial charge < -0.3 is 15.1 Å². The molecule has 6 nitrogen and oxygen atoms in total. The van der Waals surface area contributed by atoms with Crippen LogP contribution in [-0.2, 0) is 4.79 Å². The number of halogens is 1. The predicted octanol–water partition coefficient (Wildman–Crippen LogP) is 1.34. The van der Waals surface area contributed by atoms with E-state index in [2.05, 4.69) is 36.1 Å². The van der Waals surface area contributed by atoms with E-state index in [1.807, 2.05) is 11.8 Å². The highest BCUT2D eigenvalue weighted by Crippen LogP contribution is 2.25. The largest absolute Gasteiger partial charge is 0.354 e. The van der Waals surface area contributed by atoms with Crippen LogP contribution in [0.25, 0.3) is 0 Å². The number of piperazine rings is 1. The molecule has 0 spiro atoms. The zero-order chi connectivity index (χ0) is 13.8. The van der Waals surface area contributed by atoms with Gasteiger partial charge in [0.1, 0.15) is 5.82 Å². The van der Waals surface area contributed by atoms with Crippen LogP contribution in [-0.4, -0.2) is 53.5 Å². The van der Waals surface area contributed by atoms with E-state index in [4.69, 9.17) is 0 Å². The number of nitrogens with zero attached hydrogens (tertiary/aromatic N) is 4. The molecule has 0 bridgehead atoms. The van der Waals surface area contributed by atoms with Gasteiger partial charge >= 0.3 is 0 Å². The minimum atomic E-state index is 0.134. The normalized spacial score (nSPS) is 15.5. The van der Waals surface area contributed by atoms with Gasteiger partial charge in [0.2, 0.25) is 11.9 Å². The maximum atomic E-state index is 11.3. The Morgan fingerprint density at radius 1 is 1.42 bits per heavy atom. The molecule has 0 saturated carbocycles. The minimum absolute atomic E-state index is 0.134. The Hall–Kier alpha value is -1.37. The van der Waals surface area contributed by atoms with Crippen LogP contribution in [0.5, 0.6) is 0 Å². The van der Waals surface area contributed by atoms with Crippen LogP contribution in [0.1, 0.15) is 13.8 Å². The summed E-state index contributed by atoms with van der Waals surface area (Å²) in [5, 5.41) is 3.11. The number of carbonyl (C=O) groups is 1. The molecule has 1 N–H and O–H groups in total. The SMILES string of the molecule is CCNc1ncc(Br)c(N2CCN(C(C)=O)CC2)n1. The number of carbonyl (C=O) groups excluding carboxylic acids is 1. The molecule has 0 radical (unpaired) electrons. The van der Waals surface area contributed by atoms with Crippen molar-refractivity contribution in [1.29, 1.82) is 0 Å². The van der Waals surface area contributed by atoms with Gasteiger partial charge in [-0.25, -0.2) is 4.98 Å². The van der Waals surface area contributed by atoms with E-state index in [-0.39, 0.29) is 5.91 Å². The molecular formula is C12H18BrN5O. The summed E-state index contributed by atoms with van der Waals surface area (Å²) in [7, 11) is 0. The Balaban J connectivity index is 2.10. The fraction of sp³-hybridized carbons (Fsp3) is 0.583. The molecule has 0 aliphatic carbocycles. The van der Waals surface area contributed by atoms with E-state index < -0.39 is 0 Å². The monoisotopic (exact) mass is 327 g/mol. The lowest BCUT2D eigenvalue weighted by molar-refractivity contribution is -0.129. The fourth-order valence-corrected chi connectivity index (χ4v) is 2.50. The predicted molar refractivity (Wildman–Crippen MR) is 78.4 cm³/mol. The summed E-state index contributed by atoms with van der Waals surface area (Å²) in [4.78, 5) is 24.1. The highest BCUT2D eigenvalue weighted by atomic mass is 79.9. The average Bonchev–Trinajstić information content (AvgIpc) is 2.41. The van der Waals surface area contributed by atoms with Crippen LogP contribution in [0.4, 0.5) is 11.8 Å². The molecule has 1 aromatic heterocycles. The van der Waals surface area contributed by atoms with Crippen LogP contribution in [0.2, 0.25) is 0 Å². The van der Waals surface area contributed by atoms with Gasteiger partial charge in [-0.3, -0.25) is 4.79 Å². The van der Waals surface area contributed by atoms with Crippen LogP contribution in [0.15, 0.2) is 10.7 Å². The second-order valence-corrected chi connectivity index (χ2v) is 5.24. The molecule has 0 aromatic carbocycles. The van der Waals surface area contributed by atoms with Crippen molar-refractivity contribution >= 4 is 33.6 Å². The van der Waals surface area contributed by atoms with Crippen LogP contribution in [0.3, 0.4) is 0 Å². The molecule has 1 aliphatic heterocycles. The first-order chi connectivity index (χ1) is 9.11. The smallest absolute Gasteiger partial charge is 0.224 e. The van der Waals surface area contributed by atoms with Crippen molar-refractivity contribution in [3.05, 3.63) is 10.7 Å². The number of amides is 1. The molecule has 2 rings (SSSR count). The molecule has 1 amide bonds. The molecule has 19 heavy (non-hydrogen) atoms. The standard InChI is InChI=1S/C12H18BrN5O/c1-3-14-12-15-8-10(13)11(16-12)18-6-4-17(5-7-18)9(2)19/h8H,3-7H2,1-2H3,(H,14,15,16). The molecule has 0 atom stereocenters. The molecule has 0 unspecified atom stereocenters. The van der Waals surface area contributed by atoms with Crippen LogP contribution >= 0.6 is 15.9 Å². The van der Waals surface area contributed by atoms with E-state index >= 15 is 0 Å². The number of hydrogen-bond donors (Lipinski definition) is 1. The van der Waals surface area contributed by atoms with Gasteiger partial charge in [-0.2, -0.15) is 4.98 Å². The van der Waals surface area contributed by atoms with E-state index in [0.29, 0.717) is 5.95 Å². The summed E-state index contributed by atoms with van der Waals surface area (Å²) in [6.45, 7) is 7.47. The highest BCUT2D eigenvalue weighted by molar-refractivity contribution is 9.10. The number of rotatable bonds is 3. The van der Waals surface area contributed by atoms with Gasteiger partial charge in [0.15, 0.2) is 0 Å². The summed E-state index contributed by atoms with van der Waals surface area (Å²) in [5.74, 6) is 1.65. The van der Waals surface area contributed by atoms with Crippen molar-refractivity contribution in [3.63, 3.8) is 0 Å². The Morgan fingerprint density at radius 2 is 2.11 bits per heavy atom. The first-order valence-electron chi connectivity index (χ1n) is 6.38. The molecule has 104 valence electrons. The quantitative estimate of drug-likeness (QED) is 0.907. The van der Waals surface area contributed by atoms with Crippen LogP contribution < -0.4 is 10.2 Å². The summed E-state index contributed by atoms with van der Waals surface area (Å²) in [5.41, 5.74) is 0. The van der Waals surface area contributed by atoms with Crippen molar-refractivity contribution in [2.24, 2.45) is 0 Å². The van der Waals surface area contributed by atoms with E-state index in [0.717, 1.165) is 43.0 Å². The Morgan fingerprint density at radius 3 is 2.68 bits per heavy atom. The number of anilines is 2. The lowest BCUT2D eigenvalue weighted by atomic mass is 10.3. The summed E-state index contributed by atoms with van der Waals surface area (Å²) in [6, 6.07) is 0. The van der Waals surface area contributed by atoms with Gasteiger partial charge in [0.25, 0.3) is 0 Å². The lowest BCUT2D eigenvalue weighted by Gasteiger charge is -2.35. The minimum Gasteiger partial charge on any atom is -0.354 e. The van der Waals surface area contributed by atoms with Crippen molar-refractivity contribution in [3.8, 4) is 0 Å². The number of aromatic nitrogens is 2. The third-order valence-electron chi connectivity index (χ3n) is 3.09. The van der Waals surface area contributed by atoms with Gasteiger partial charge in [-0.1, -0.05) is 0 Å². The van der Waals surface area contributed by atoms with Gasteiger partial charge in [-0.15, -0.1) is 0 Å². The van der Waals surface area contributed by atoms with Crippen molar-refractivity contribution in [2.45, 2.75) is 13.8 Å². The number of hydrogen-bond acceptors (Lipinski definition) is 5. The number of nitrogens with one attached hydrogen (secondary N) is 1. The second-order valence-electron chi connectivity index (χ2n) is 4.39. The van der Waals surface area contributed by atoms with Crippen molar-refractivity contribution in [1.82, 2.24) is 14.9 Å². The summed E-state index contributed by atoms with van der Waals surface area (Å²) >= 11 is 3.49. The molecular weight excluding hydrogens is 310 g/mol. The zero-order valence-corrected chi connectivity index (χ0v) is 12.8. The maximum Gasteiger partial charge on any atom is 0.224 e. The molecule has 2 heterocycles. The highest BCUT2D eigenvalue weighted by Gasteiger charge is 2.21. The van der Waals surface area contributed by atoms with E-state index in [9.17, 15) is 4.79 Å². The Bertz CT molecular complexity index is 459. The Labute approximate surface area is 121 Å². The van der Waals surface area contributed by atoms with E-state index in [1.54, 1.807) is 13.1 Å². The lowest BCUT2D eigenvalue weighted by Crippen LogP contribution is -2.48. The third kappa shape index (κ3) is 3.34. The topological polar surface area (TPSA) is 61.4 Å². The third-order valence-corrected chi connectivity index (χ3v) is 3.64. The Kier molecular flexibility index (Phi) is 4.57. The zero-order valence-electron chi connectivity index (χ0n) is 11.2. The van der Waals surface area contributed by atoms with Gasteiger partial charge in [0.05, 0.1) is 4.47 Å². The average molecular weight is 328 g/mol. The van der Waals surface area contributed by atoms with Crippen molar-refractivity contribution in [2.75, 3.05) is 42.9 Å². The maximum absolute atomic E-state index is 11.3. The summed E-state index contributed by atoms with van der Waals surface area (Å²) < 4.78 is 0.880. The molecule has 1 fully saturated rings. The molecule has 7 heteroatoms. The first kappa shape index (κ1) is 14.0. The molecule has 1 aliphatic rings. The second kappa shape index (κ2) is 6.18. The summed E-state index contributed by atoms with van der Waals surface area (Å²) in [6.07, 6.45) is 1.76. The van der Waals surface area contributed by atoms with Gasteiger partial charge in [-0.05, 0) is 22.9 Å². The van der Waals surface area contributed by atoms with Crippen molar-refractivity contribution < 1.29 is 4.79 Å². The van der Waals surface area contributed by atoms with Gasteiger partial charge in [0, 0.05) is 45.8 Å². The van der Waals surface area contributed by atoms with Crippen LogP contribution in [0, 0.1) is 0 Å². The first-order valence-corrected chi connectivity index (χ1v) is 7.18. The molecule has 1 saturated heterocycles. The molecule has 1 aromatic rings.